The molecule has 0 radical (unpaired) electrons. The van der Waals surface area contributed by atoms with Crippen LogP contribution < -0.4 is 10.1 Å². The van der Waals surface area contributed by atoms with Gasteiger partial charge in [-0.05, 0) is 48.4 Å². The molecule has 0 heterocycles. The molecular formula is C23H21F3N2O4S. The topological polar surface area (TPSA) is 75.7 Å². The van der Waals surface area contributed by atoms with E-state index >= 15 is 0 Å². The summed E-state index contributed by atoms with van der Waals surface area (Å²) in [6, 6.07) is 16.2. The van der Waals surface area contributed by atoms with Gasteiger partial charge in [-0.25, -0.2) is 21.6 Å². The molecule has 0 aliphatic heterocycles. The van der Waals surface area contributed by atoms with Crippen LogP contribution >= 0.6 is 0 Å². The van der Waals surface area contributed by atoms with Crippen LogP contribution in [0.5, 0.6) is 5.75 Å². The van der Waals surface area contributed by atoms with Crippen molar-refractivity contribution in [3.63, 3.8) is 0 Å². The van der Waals surface area contributed by atoms with Gasteiger partial charge in [0.25, 0.3) is 0 Å². The number of ether oxygens (including phenoxy) is 1. The highest BCUT2D eigenvalue weighted by molar-refractivity contribution is 7.89. The van der Waals surface area contributed by atoms with Crippen molar-refractivity contribution in [2.45, 2.75) is 11.3 Å². The first-order chi connectivity index (χ1) is 15.7. The van der Waals surface area contributed by atoms with Gasteiger partial charge in [-0.15, -0.1) is 0 Å². The van der Waals surface area contributed by atoms with Crippen LogP contribution in [0.1, 0.15) is 5.56 Å². The number of benzene rings is 3. The Balaban J connectivity index is 1.84. The predicted octanol–water partition coefficient (Wildman–Crippen LogP) is 3.98. The number of carbonyl (C=O) groups is 1. The standard InChI is InChI=1S/C23H21F3N2O4S/c1-32-17-7-9-18(10-8-17)33(30,31)28(14-13-16-5-3-2-4-6-16)15-21(29)27-20-12-11-19(24)22(25)23(20)26/h2-12H,13-15H2,1H3,(H,27,29). The molecule has 0 bridgehead atoms. The third-order valence-corrected chi connectivity index (χ3v) is 6.68. The lowest BCUT2D eigenvalue weighted by atomic mass is 10.1. The van der Waals surface area contributed by atoms with Gasteiger partial charge >= 0.3 is 0 Å². The van der Waals surface area contributed by atoms with Crippen LogP contribution in [0.15, 0.2) is 71.6 Å². The molecule has 174 valence electrons. The molecule has 1 amide bonds. The molecule has 0 aromatic heterocycles. The zero-order chi connectivity index (χ0) is 24.0. The molecule has 0 saturated heterocycles. The number of sulfonamides is 1. The average Bonchev–Trinajstić information content (AvgIpc) is 2.82. The molecule has 0 atom stereocenters. The lowest BCUT2D eigenvalue weighted by Crippen LogP contribution is -2.39. The van der Waals surface area contributed by atoms with Gasteiger partial charge < -0.3 is 10.1 Å². The van der Waals surface area contributed by atoms with E-state index in [-0.39, 0.29) is 11.4 Å². The fraction of sp³-hybridized carbons (Fsp3) is 0.174. The van der Waals surface area contributed by atoms with Crippen LogP contribution in [0.4, 0.5) is 18.9 Å². The van der Waals surface area contributed by atoms with E-state index in [4.69, 9.17) is 4.74 Å². The van der Waals surface area contributed by atoms with Gasteiger partial charge in [0.1, 0.15) is 5.75 Å². The first kappa shape index (κ1) is 24.3. The van der Waals surface area contributed by atoms with Crippen molar-refractivity contribution >= 4 is 21.6 Å². The minimum absolute atomic E-state index is 0.0495. The number of methoxy groups -OCH3 is 1. The maximum absolute atomic E-state index is 13.9. The summed E-state index contributed by atoms with van der Waals surface area (Å²) in [6.07, 6.45) is 0.309. The Hall–Kier alpha value is -3.37. The number of halogens is 3. The number of carbonyl (C=O) groups excluding carboxylic acids is 1. The Morgan fingerprint density at radius 2 is 1.61 bits per heavy atom. The second-order valence-corrected chi connectivity index (χ2v) is 8.96. The van der Waals surface area contributed by atoms with E-state index in [9.17, 15) is 26.4 Å². The fourth-order valence-corrected chi connectivity index (χ4v) is 4.45. The molecule has 33 heavy (non-hydrogen) atoms. The highest BCUT2D eigenvalue weighted by Gasteiger charge is 2.27. The summed E-state index contributed by atoms with van der Waals surface area (Å²) in [7, 11) is -2.68. The van der Waals surface area contributed by atoms with Gasteiger partial charge in [0.2, 0.25) is 15.9 Å². The van der Waals surface area contributed by atoms with Gasteiger partial charge in [-0.1, -0.05) is 30.3 Å². The van der Waals surface area contributed by atoms with Crippen molar-refractivity contribution in [2.75, 3.05) is 25.5 Å². The SMILES string of the molecule is COc1ccc(S(=O)(=O)N(CCc2ccccc2)CC(=O)Nc2ccc(F)c(F)c2F)cc1. The van der Waals surface area contributed by atoms with E-state index in [0.717, 1.165) is 15.9 Å². The summed E-state index contributed by atoms with van der Waals surface area (Å²) in [5.41, 5.74) is 0.253. The Bertz CT molecular complexity index is 1220. The monoisotopic (exact) mass is 478 g/mol. The third-order valence-electron chi connectivity index (χ3n) is 4.82. The minimum Gasteiger partial charge on any atom is -0.497 e. The van der Waals surface area contributed by atoms with Gasteiger partial charge in [0.15, 0.2) is 17.5 Å². The van der Waals surface area contributed by atoms with E-state index in [0.29, 0.717) is 18.2 Å². The van der Waals surface area contributed by atoms with Crippen molar-refractivity contribution in [3.05, 3.63) is 89.7 Å². The molecular weight excluding hydrogens is 457 g/mol. The van der Waals surface area contributed by atoms with E-state index in [1.165, 1.54) is 31.4 Å². The maximum Gasteiger partial charge on any atom is 0.243 e. The number of nitrogens with zero attached hydrogens (tertiary/aromatic N) is 1. The van der Waals surface area contributed by atoms with E-state index in [1.807, 2.05) is 18.2 Å². The Morgan fingerprint density at radius 1 is 0.939 bits per heavy atom. The van der Waals surface area contributed by atoms with Gasteiger partial charge in [0.05, 0.1) is 24.2 Å². The lowest BCUT2D eigenvalue weighted by Gasteiger charge is -2.22. The second-order valence-electron chi connectivity index (χ2n) is 7.02. The first-order valence-corrected chi connectivity index (χ1v) is 11.3. The number of rotatable bonds is 9. The highest BCUT2D eigenvalue weighted by Crippen LogP contribution is 2.22. The molecule has 3 rings (SSSR count). The number of nitrogens with one attached hydrogen (secondary N) is 1. The van der Waals surface area contributed by atoms with Crippen molar-refractivity contribution < 1.29 is 31.1 Å². The van der Waals surface area contributed by atoms with E-state index in [2.05, 4.69) is 5.32 Å². The molecule has 6 nitrogen and oxygen atoms in total. The third kappa shape index (κ3) is 5.91. The minimum atomic E-state index is -4.12. The van der Waals surface area contributed by atoms with Crippen molar-refractivity contribution in [1.29, 1.82) is 0 Å². The quantitative estimate of drug-likeness (QED) is 0.472. The van der Waals surface area contributed by atoms with Crippen LogP contribution in [0.25, 0.3) is 0 Å². The molecule has 3 aromatic carbocycles. The molecule has 3 aromatic rings. The summed E-state index contributed by atoms with van der Waals surface area (Å²) in [5.74, 6) is -5.17. The highest BCUT2D eigenvalue weighted by atomic mass is 32.2. The summed E-state index contributed by atoms with van der Waals surface area (Å²) >= 11 is 0. The fourth-order valence-electron chi connectivity index (χ4n) is 3.05. The van der Waals surface area contributed by atoms with Crippen LogP contribution in [-0.2, 0) is 21.2 Å². The van der Waals surface area contributed by atoms with Crippen molar-refractivity contribution in [1.82, 2.24) is 4.31 Å². The Labute approximate surface area is 189 Å². The molecule has 0 aliphatic rings. The Kier molecular flexibility index (Phi) is 7.72. The molecule has 0 spiro atoms. The Morgan fingerprint density at radius 3 is 2.24 bits per heavy atom. The molecule has 0 saturated carbocycles. The predicted molar refractivity (Wildman–Crippen MR) is 117 cm³/mol. The largest absolute Gasteiger partial charge is 0.497 e. The molecule has 0 aliphatic carbocycles. The lowest BCUT2D eigenvalue weighted by molar-refractivity contribution is -0.116. The van der Waals surface area contributed by atoms with Crippen LogP contribution in [-0.4, -0.2) is 38.8 Å². The molecule has 0 fully saturated rings. The molecule has 1 N–H and O–H groups in total. The summed E-state index contributed by atoms with van der Waals surface area (Å²) < 4.78 is 73.0. The zero-order valence-electron chi connectivity index (χ0n) is 17.6. The van der Waals surface area contributed by atoms with Gasteiger partial charge in [-0.3, -0.25) is 4.79 Å². The summed E-state index contributed by atoms with van der Waals surface area (Å²) in [5, 5.41) is 2.10. The van der Waals surface area contributed by atoms with Crippen LogP contribution in [0, 0.1) is 17.5 Å². The van der Waals surface area contributed by atoms with E-state index in [1.54, 1.807) is 12.1 Å². The van der Waals surface area contributed by atoms with Crippen LogP contribution in [0.2, 0.25) is 0 Å². The molecule has 0 unspecified atom stereocenters. The van der Waals surface area contributed by atoms with Gasteiger partial charge in [-0.2, -0.15) is 4.31 Å². The van der Waals surface area contributed by atoms with Crippen molar-refractivity contribution in [2.24, 2.45) is 0 Å². The zero-order valence-corrected chi connectivity index (χ0v) is 18.4. The van der Waals surface area contributed by atoms with Gasteiger partial charge in [0, 0.05) is 6.54 Å². The number of amides is 1. The van der Waals surface area contributed by atoms with Crippen molar-refractivity contribution in [3.8, 4) is 5.75 Å². The smallest absolute Gasteiger partial charge is 0.243 e. The van der Waals surface area contributed by atoms with E-state index < -0.39 is 45.6 Å². The number of hydrogen-bond donors (Lipinski definition) is 1. The summed E-state index contributed by atoms with van der Waals surface area (Å²) in [6.45, 7) is -0.717. The first-order valence-electron chi connectivity index (χ1n) is 9.84. The molecule has 10 heteroatoms. The maximum atomic E-state index is 13.9. The summed E-state index contributed by atoms with van der Waals surface area (Å²) in [4.78, 5) is 12.5. The normalized spacial score (nSPS) is 11.4. The van der Waals surface area contributed by atoms with Crippen LogP contribution in [0.3, 0.4) is 0 Å². The number of hydrogen-bond acceptors (Lipinski definition) is 4. The average molecular weight is 478 g/mol. The second kappa shape index (κ2) is 10.5. The number of anilines is 1.